The SMILES string of the molecule is C=CCCOC(C)C(=O)NC(CC(=O)O)c1ccccc1. The first-order valence-corrected chi connectivity index (χ1v) is 6.84. The van der Waals surface area contributed by atoms with Crippen molar-refractivity contribution in [2.24, 2.45) is 0 Å². The number of rotatable bonds is 9. The Kier molecular flexibility index (Phi) is 7.18. The monoisotopic (exact) mass is 291 g/mol. The Morgan fingerprint density at radius 1 is 1.38 bits per heavy atom. The lowest BCUT2D eigenvalue weighted by molar-refractivity contribution is -0.138. The minimum absolute atomic E-state index is 0.171. The van der Waals surface area contributed by atoms with E-state index in [0.29, 0.717) is 13.0 Å². The summed E-state index contributed by atoms with van der Waals surface area (Å²) in [6, 6.07) is 8.46. The van der Waals surface area contributed by atoms with Crippen LogP contribution in [0.1, 0.15) is 31.4 Å². The minimum Gasteiger partial charge on any atom is -0.481 e. The molecule has 0 aliphatic carbocycles. The van der Waals surface area contributed by atoms with Crippen molar-refractivity contribution >= 4 is 11.9 Å². The number of hydrogen-bond acceptors (Lipinski definition) is 3. The van der Waals surface area contributed by atoms with E-state index in [0.717, 1.165) is 5.56 Å². The van der Waals surface area contributed by atoms with Crippen LogP contribution in [0.3, 0.4) is 0 Å². The first-order valence-electron chi connectivity index (χ1n) is 6.84. The maximum absolute atomic E-state index is 12.0. The average molecular weight is 291 g/mol. The van der Waals surface area contributed by atoms with E-state index in [1.165, 1.54) is 0 Å². The Balaban J connectivity index is 2.66. The van der Waals surface area contributed by atoms with Crippen LogP contribution in [-0.2, 0) is 14.3 Å². The molecule has 0 saturated heterocycles. The van der Waals surface area contributed by atoms with Crippen LogP contribution in [0.4, 0.5) is 0 Å². The molecule has 0 bridgehead atoms. The lowest BCUT2D eigenvalue weighted by Gasteiger charge is -2.20. The zero-order valence-corrected chi connectivity index (χ0v) is 12.1. The third kappa shape index (κ3) is 6.23. The van der Waals surface area contributed by atoms with Gasteiger partial charge < -0.3 is 15.2 Å². The van der Waals surface area contributed by atoms with Gasteiger partial charge in [-0.15, -0.1) is 6.58 Å². The summed E-state index contributed by atoms with van der Waals surface area (Å²) in [6.45, 7) is 5.63. The fourth-order valence-corrected chi connectivity index (χ4v) is 1.81. The highest BCUT2D eigenvalue weighted by atomic mass is 16.5. The third-order valence-electron chi connectivity index (χ3n) is 2.96. The van der Waals surface area contributed by atoms with E-state index in [9.17, 15) is 9.59 Å². The van der Waals surface area contributed by atoms with Crippen molar-refractivity contribution in [2.75, 3.05) is 6.61 Å². The molecule has 0 saturated carbocycles. The van der Waals surface area contributed by atoms with Crippen molar-refractivity contribution < 1.29 is 19.4 Å². The molecule has 0 fully saturated rings. The molecule has 0 radical (unpaired) electrons. The summed E-state index contributed by atoms with van der Waals surface area (Å²) < 4.78 is 5.36. The molecule has 0 aliphatic heterocycles. The number of carboxylic acid groups (broad SMARTS) is 1. The topological polar surface area (TPSA) is 75.6 Å². The van der Waals surface area contributed by atoms with Gasteiger partial charge in [-0.25, -0.2) is 0 Å². The van der Waals surface area contributed by atoms with Crippen molar-refractivity contribution in [1.82, 2.24) is 5.32 Å². The highest BCUT2D eigenvalue weighted by Crippen LogP contribution is 2.16. The number of carbonyl (C=O) groups excluding carboxylic acids is 1. The number of nitrogens with one attached hydrogen (secondary N) is 1. The van der Waals surface area contributed by atoms with Gasteiger partial charge in [-0.3, -0.25) is 9.59 Å². The zero-order valence-electron chi connectivity index (χ0n) is 12.1. The molecule has 21 heavy (non-hydrogen) atoms. The van der Waals surface area contributed by atoms with Crippen LogP contribution in [0.5, 0.6) is 0 Å². The second-order valence-electron chi connectivity index (χ2n) is 4.66. The van der Waals surface area contributed by atoms with Crippen LogP contribution in [0.15, 0.2) is 43.0 Å². The number of ether oxygens (including phenoxy) is 1. The van der Waals surface area contributed by atoms with Crippen molar-refractivity contribution in [3.8, 4) is 0 Å². The van der Waals surface area contributed by atoms with Gasteiger partial charge in [-0.05, 0) is 18.9 Å². The van der Waals surface area contributed by atoms with E-state index < -0.39 is 18.1 Å². The fourth-order valence-electron chi connectivity index (χ4n) is 1.81. The lowest BCUT2D eigenvalue weighted by atomic mass is 10.0. The summed E-state index contributed by atoms with van der Waals surface area (Å²) in [5.74, 6) is -1.29. The molecule has 1 amide bonds. The van der Waals surface area contributed by atoms with E-state index in [1.807, 2.05) is 6.07 Å². The Bertz CT molecular complexity index is 472. The van der Waals surface area contributed by atoms with Crippen molar-refractivity contribution in [1.29, 1.82) is 0 Å². The Hall–Kier alpha value is -2.14. The molecule has 0 heterocycles. The fraction of sp³-hybridized carbons (Fsp3) is 0.375. The van der Waals surface area contributed by atoms with E-state index in [1.54, 1.807) is 37.3 Å². The average Bonchev–Trinajstić information content (AvgIpc) is 2.47. The van der Waals surface area contributed by atoms with Gasteiger partial charge in [0.25, 0.3) is 0 Å². The Morgan fingerprint density at radius 3 is 2.62 bits per heavy atom. The van der Waals surface area contributed by atoms with Crippen LogP contribution in [-0.4, -0.2) is 29.7 Å². The summed E-state index contributed by atoms with van der Waals surface area (Å²) in [5, 5.41) is 11.7. The first kappa shape index (κ1) is 16.9. The molecule has 5 heteroatoms. The summed E-state index contributed by atoms with van der Waals surface area (Å²) in [4.78, 5) is 23.0. The highest BCUT2D eigenvalue weighted by molar-refractivity contribution is 5.81. The number of aliphatic carboxylic acids is 1. The maximum Gasteiger partial charge on any atom is 0.305 e. The number of hydrogen-bond donors (Lipinski definition) is 2. The molecule has 1 aromatic rings. The summed E-state index contributed by atoms with van der Waals surface area (Å²) in [6.07, 6.45) is 1.57. The van der Waals surface area contributed by atoms with Crippen LogP contribution in [0.25, 0.3) is 0 Å². The van der Waals surface area contributed by atoms with Gasteiger partial charge in [0.15, 0.2) is 0 Å². The second-order valence-corrected chi connectivity index (χ2v) is 4.66. The van der Waals surface area contributed by atoms with E-state index in [4.69, 9.17) is 9.84 Å². The second kappa shape index (κ2) is 8.92. The Labute approximate surface area is 124 Å². The van der Waals surface area contributed by atoms with Gasteiger partial charge in [0, 0.05) is 0 Å². The first-order chi connectivity index (χ1) is 10.0. The van der Waals surface area contributed by atoms with Gasteiger partial charge in [0.05, 0.1) is 19.1 Å². The van der Waals surface area contributed by atoms with Crippen LogP contribution >= 0.6 is 0 Å². The van der Waals surface area contributed by atoms with E-state index in [-0.39, 0.29) is 12.3 Å². The molecule has 1 rings (SSSR count). The molecule has 114 valence electrons. The van der Waals surface area contributed by atoms with Crippen molar-refractivity contribution in [3.63, 3.8) is 0 Å². The molecule has 2 N–H and O–H groups in total. The van der Waals surface area contributed by atoms with Crippen LogP contribution < -0.4 is 5.32 Å². The van der Waals surface area contributed by atoms with Crippen molar-refractivity contribution in [3.05, 3.63) is 48.6 Å². The number of benzene rings is 1. The molecule has 0 aliphatic rings. The Morgan fingerprint density at radius 2 is 2.05 bits per heavy atom. The van der Waals surface area contributed by atoms with Gasteiger partial charge in [-0.2, -0.15) is 0 Å². The summed E-state index contributed by atoms with van der Waals surface area (Å²) in [5.41, 5.74) is 0.756. The minimum atomic E-state index is -0.968. The number of amides is 1. The molecular weight excluding hydrogens is 270 g/mol. The van der Waals surface area contributed by atoms with Crippen LogP contribution in [0, 0.1) is 0 Å². The van der Waals surface area contributed by atoms with E-state index in [2.05, 4.69) is 11.9 Å². The third-order valence-corrected chi connectivity index (χ3v) is 2.96. The molecule has 1 aromatic carbocycles. The molecule has 2 atom stereocenters. The molecule has 0 spiro atoms. The van der Waals surface area contributed by atoms with Gasteiger partial charge in [0.1, 0.15) is 6.10 Å². The van der Waals surface area contributed by atoms with E-state index >= 15 is 0 Å². The standard InChI is InChI=1S/C16H21NO4/c1-3-4-10-21-12(2)16(20)17-14(11-15(18)19)13-8-6-5-7-9-13/h3,5-9,12,14H,1,4,10-11H2,2H3,(H,17,20)(H,18,19). The maximum atomic E-state index is 12.0. The van der Waals surface area contributed by atoms with Gasteiger partial charge in [-0.1, -0.05) is 36.4 Å². The van der Waals surface area contributed by atoms with Crippen LogP contribution in [0.2, 0.25) is 0 Å². The zero-order chi connectivity index (χ0) is 15.7. The molecule has 2 unspecified atom stereocenters. The smallest absolute Gasteiger partial charge is 0.305 e. The summed E-state index contributed by atoms with van der Waals surface area (Å²) in [7, 11) is 0. The van der Waals surface area contributed by atoms with Gasteiger partial charge in [0.2, 0.25) is 5.91 Å². The highest BCUT2D eigenvalue weighted by Gasteiger charge is 2.21. The lowest BCUT2D eigenvalue weighted by Crippen LogP contribution is -2.38. The summed E-state index contributed by atoms with van der Waals surface area (Å²) >= 11 is 0. The molecular formula is C16H21NO4. The predicted molar refractivity (Wildman–Crippen MR) is 79.8 cm³/mol. The quantitative estimate of drug-likeness (QED) is 0.541. The predicted octanol–water partition coefficient (Wildman–Crippen LogP) is 2.30. The molecule has 0 aromatic heterocycles. The largest absolute Gasteiger partial charge is 0.481 e. The van der Waals surface area contributed by atoms with Gasteiger partial charge >= 0.3 is 5.97 Å². The number of carboxylic acids is 1. The number of carbonyl (C=O) groups is 2. The van der Waals surface area contributed by atoms with Crippen molar-refractivity contribution in [2.45, 2.75) is 31.9 Å². The normalized spacial score (nSPS) is 13.2. The molecule has 5 nitrogen and oxygen atoms in total.